The molecule has 0 fully saturated rings. The van der Waals surface area contributed by atoms with Crippen LogP contribution in [0.15, 0.2) is 6.20 Å². The minimum atomic E-state index is -3.10. The highest BCUT2D eigenvalue weighted by Crippen LogP contribution is 2.13. The van der Waals surface area contributed by atoms with Crippen LogP contribution in [0.25, 0.3) is 0 Å². The van der Waals surface area contributed by atoms with Crippen LogP contribution >= 0.6 is 0 Å². The number of sulfone groups is 1. The van der Waals surface area contributed by atoms with Crippen LogP contribution in [0.3, 0.4) is 0 Å². The van der Waals surface area contributed by atoms with Crippen molar-refractivity contribution in [3.05, 3.63) is 11.9 Å². The maximum atomic E-state index is 11.5. The number of aliphatic hydroxyl groups excluding tert-OH is 1. The molecule has 8 heteroatoms. The van der Waals surface area contributed by atoms with E-state index in [1.807, 2.05) is 0 Å². The number of hydrogen-bond donors (Lipinski definition) is 2. The van der Waals surface area contributed by atoms with Crippen molar-refractivity contribution in [2.75, 3.05) is 19.4 Å². The van der Waals surface area contributed by atoms with Crippen molar-refractivity contribution in [2.24, 2.45) is 0 Å². The summed E-state index contributed by atoms with van der Waals surface area (Å²) in [5.41, 5.74) is 0.752. The molecular weight excluding hydrogens is 268 g/mol. The van der Waals surface area contributed by atoms with Gasteiger partial charge >= 0.3 is 0 Å². The Hall–Kier alpha value is -0.990. The van der Waals surface area contributed by atoms with Gasteiger partial charge in [-0.2, -0.15) is 0 Å². The molecule has 1 heterocycles. The molecule has 1 rings (SSSR count). The quantitative estimate of drug-likeness (QED) is 0.674. The van der Waals surface area contributed by atoms with Crippen LogP contribution < -0.4 is 5.32 Å². The average molecular weight is 290 g/mol. The highest BCUT2D eigenvalue weighted by Gasteiger charge is 2.29. The van der Waals surface area contributed by atoms with Gasteiger partial charge in [-0.05, 0) is 20.3 Å². The number of rotatable bonds is 8. The summed E-state index contributed by atoms with van der Waals surface area (Å²) in [5, 5.41) is 19.7. The Balaban J connectivity index is 2.43. The van der Waals surface area contributed by atoms with Gasteiger partial charge in [-0.25, -0.2) is 8.42 Å². The molecule has 0 bridgehead atoms. The lowest BCUT2D eigenvalue weighted by atomic mass is 10.2. The summed E-state index contributed by atoms with van der Waals surface area (Å²) in [5.74, 6) is 0. The summed E-state index contributed by atoms with van der Waals surface area (Å²) in [6.07, 6.45) is 3.66. The van der Waals surface area contributed by atoms with E-state index in [0.717, 1.165) is 5.69 Å². The van der Waals surface area contributed by atoms with Crippen LogP contribution in [0.2, 0.25) is 0 Å². The molecule has 1 aromatic heterocycles. The van der Waals surface area contributed by atoms with E-state index in [2.05, 4.69) is 15.6 Å². The van der Waals surface area contributed by atoms with Gasteiger partial charge in [-0.3, -0.25) is 4.68 Å². The molecule has 0 spiro atoms. The van der Waals surface area contributed by atoms with E-state index >= 15 is 0 Å². The maximum Gasteiger partial charge on any atom is 0.153 e. The molecule has 0 amide bonds. The second-order valence-corrected chi connectivity index (χ2v) is 7.84. The molecule has 0 saturated heterocycles. The summed E-state index contributed by atoms with van der Waals surface area (Å²) in [6.45, 7) is 4.95. The van der Waals surface area contributed by atoms with E-state index in [0.29, 0.717) is 26.1 Å². The molecular formula is C11H22N4O3S. The lowest BCUT2D eigenvalue weighted by Crippen LogP contribution is -2.41. The van der Waals surface area contributed by atoms with E-state index in [9.17, 15) is 8.42 Å². The zero-order valence-corrected chi connectivity index (χ0v) is 12.4. The van der Waals surface area contributed by atoms with E-state index in [1.54, 1.807) is 24.7 Å². The number of hydrogen-bond acceptors (Lipinski definition) is 6. The number of aromatic nitrogens is 3. The molecule has 0 aliphatic rings. The van der Waals surface area contributed by atoms with Gasteiger partial charge in [0, 0.05) is 38.7 Å². The van der Waals surface area contributed by atoms with Gasteiger partial charge in [-0.15, -0.1) is 5.10 Å². The summed E-state index contributed by atoms with van der Waals surface area (Å²) in [6, 6.07) is 0. The van der Waals surface area contributed by atoms with Crippen LogP contribution in [-0.2, 0) is 22.9 Å². The Labute approximate surface area is 113 Å². The fourth-order valence-corrected chi connectivity index (χ4v) is 1.75. The summed E-state index contributed by atoms with van der Waals surface area (Å²) in [4.78, 5) is 0. The SMILES string of the molecule is CC(C)(CNCc1cn(CCCO)nn1)S(C)(=O)=O. The van der Waals surface area contributed by atoms with Gasteiger partial charge in [0.2, 0.25) is 0 Å². The molecule has 0 aliphatic heterocycles. The molecule has 0 saturated carbocycles. The minimum absolute atomic E-state index is 0.121. The highest BCUT2D eigenvalue weighted by atomic mass is 32.2. The average Bonchev–Trinajstić information content (AvgIpc) is 2.72. The van der Waals surface area contributed by atoms with E-state index in [-0.39, 0.29) is 6.61 Å². The van der Waals surface area contributed by atoms with Crippen molar-refractivity contribution in [1.82, 2.24) is 20.3 Å². The van der Waals surface area contributed by atoms with Gasteiger partial charge in [-0.1, -0.05) is 5.21 Å². The first kappa shape index (κ1) is 16.1. The predicted octanol–water partition coefficient (Wildman–Crippen LogP) is -0.427. The lowest BCUT2D eigenvalue weighted by Gasteiger charge is -2.22. The lowest BCUT2D eigenvalue weighted by molar-refractivity contribution is 0.276. The largest absolute Gasteiger partial charge is 0.396 e. The van der Waals surface area contributed by atoms with Crippen molar-refractivity contribution in [2.45, 2.75) is 38.1 Å². The summed E-state index contributed by atoms with van der Waals surface area (Å²) in [7, 11) is -3.10. The molecule has 0 radical (unpaired) electrons. The van der Waals surface area contributed by atoms with Crippen LogP contribution in [0.1, 0.15) is 26.0 Å². The third-order valence-corrected chi connectivity index (χ3v) is 5.14. The zero-order valence-electron chi connectivity index (χ0n) is 11.6. The molecule has 0 aliphatic carbocycles. The van der Waals surface area contributed by atoms with Crippen molar-refractivity contribution in [1.29, 1.82) is 0 Å². The topological polar surface area (TPSA) is 97.1 Å². The first-order valence-electron chi connectivity index (χ1n) is 6.16. The number of aliphatic hydroxyl groups is 1. The Bertz CT molecular complexity index is 496. The predicted molar refractivity (Wildman–Crippen MR) is 72.4 cm³/mol. The van der Waals surface area contributed by atoms with Gasteiger partial charge in [0.25, 0.3) is 0 Å². The van der Waals surface area contributed by atoms with Gasteiger partial charge in [0.15, 0.2) is 9.84 Å². The Morgan fingerprint density at radius 2 is 2.16 bits per heavy atom. The van der Waals surface area contributed by atoms with Gasteiger partial charge < -0.3 is 10.4 Å². The van der Waals surface area contributed by atoms with E-state index in [4.69, 9.17) is 5.11 Å². The van der Waals surface area contributed by atoms with Crippen LogP contribution in [-0.4, -0.2) is 52.7 Å². The van der Waals surface area contributed by atoms with Crippen molar-refractivity contribution in [3.8, 4) is 0 Å². The number of nitrogens with one attached hydrogen (secondary N) is 1. The second-order valence-electron chi connectivity index (χ2n) is 5.19. The zero-order chi connectivity index (χ0) is 14.5. The summed E-state index contributed by atoms with van der Waals surface area (Å²) < 4.78 is 23.9. The molecule has 2 N–H and O–H groups in total. The molecule has 0 unspecified atom stereocenters. The summed E-state index contributed by atoms with van der Waals surface area (Å²) >= 11 is 0. The van der Waals surface area contributed by atoms with E-state index < -0.39 is 14.6 Å². The standard InChI is InChI=1S/C11H22N4O3S/c1-11(2,19(3,17)18)9-12-7-10-8-15(14-13-10)5-4-6-16/h8,12,16H,4-7,9H2,1-3H3. The number of nitrogens with zero attached hydrogens (tertiary/aromatic N) is 3. The fraction of sp³-hybridized carbons (Fsp3) is 0.818. The first-order valence-corrected chi connectivity index (χ1v) is 8.05. The molecule has 110 valence electrons. The maximum absolute atomic E-state index is 11.5. The molecule has 7 nitrogen and oxygen atoms in total. The third kappa shape index (κ3) is 4.88. The van der Waals surface area contributed by atoms with Crippen molar-refractivity contribution >= 4 is 9.84 Å². The smallest absolute Gasteiger partial charge is 0.153 e. The van der Waals surface area contributed by atoms with Crippen molar-refractivity contribution in [3.63, 3.8) is 0 Å². The van der Waals surface area contributed by atoms with Gasteiger partial charge in [0.1, 0.15) is 0 Å². The Kier molecular flexibility index (Phi) is 5.45. The van der Waals surface area contributed by atoms with Crippen molar-refractivity contribution < 1.29 is 13.5 Å². The second kappa shape index (κ2) is 6.44. The Morgan fingerprint density at radius 3 is 2.74 bits per heavy atom. The van der Waals surface area contributed by atoms with Crippen LogP contribution in [0.4, 0.5) is 0 Å². The fourth-order valence-electron chi connectivity index (χ4n) is 1.38. The third-order valence-electron chi connectivity index (χ3n) is 2.99. The highest BCUT2D eigenvalue weighted by molar-refractivity contribution is 7.92. The van der Waals surface area contributed by atoms with Crippen LogP contribution in [0.5, 0.6) is 0 Å². The van der Waals surface area contributed by atoms with Crippen LogP contribution in [0, 0.1) is 0 Å². The Morgan fingerprint density at radius 1 is 1.47 bits per heavy atom. The monoisotopic (exact) mass is 290 g/mol. The minimum Gasteiger partial charge on any atom is -0.396 e. The molecule has 19 heavy (non-hydrogen) atoms. The normalized spacial score (nSPS) is 12.8. The first-order chi connectivity index (χ1) is 8.76. The molecule has 0 atom stereocenters. The molecule has 1 aromatic rings. The number of aryl methyl sites for hydroxylation is 1. The van der Waals surface area contributed by atoms with E-state index in [1.165, 1.54) is 6.26 Å². The molecule has 0 aromatic carbocycles. The van der Waals surface area contributed by atoms with Gasteiger partial charge in [0.05, 0.1) is 10.4 Å².